The molecule has 1 saturated carbocycles. The molecule has 0 bridgehead atoms. The first-order chi connectivity index (χ1) is 7.03. The molecule has 1 aromatic rings. The Hall–Kier alpha value is -0.770. The number of hydrogen-bond donors (Lipinski definition) is 1. The van der Waals surface area contributed by atoms with Crippen LogP contribution in [0.15, 0.2) is 15.2 Å². The molecular weight excluding hydrogens is 260 g/mol. The molecule has 4 heteroatoms. The van der Waals surface area contributed by atoms with Crippen molar-refractivity contribution in [3.05, 3.63) is 22.1 Å². The number of carboxylic acids is 1. The van der Waals surface area contributed by atoms with Gasteiger partial charge < -0.3 is 9.52 Å². The van der Waals surface area contributed by atoms with E-state index in [-0.39, 0.29) is 11.8 Å². The molecule has 0 spiro atoms. The van der Waals surface area contributed by atoms with Gasteiger partial charge in [0.05, 0.1) is 6.42 Å². The summed E-state index contributed by atoms with van der Waals surface area (Å²) in [5, 5.41) is 8.92. The van der Waals surface area contributed by atoms with Crippen molar-refractivity contribution < 1.29 is 14.3 Å². The van der Waals surface area contributed by atoms with Gasteiger partial charge in [0.1, 0.15) is 5.76 Å². The minimum atomic E-state index is -0.748. The molecule has 82 valence electrons. The van der Waals surface area contributed by atoms with Crippen molar-refractivity contribution in [3.8, 4) is 0 Å². The monoisotopic (exact) mass is 272 g/mol. The van der Waals surface area contributed by atoms with Crippen molar-refractivity contribution in [2.24, 2.45) is 0 Å². The lowest BCUT2D eigenvalue weighted by atomic mass is 9.64. The van der Waals surface area contributed by atoms with Crippen LogP contribution in [0.3, 0.4) is 0 Å². The Morgan fingerprint density at radius 1 is 1.67 bits per heavy atom. The molecule has 1 aromatic heterocycles. The van der Waals surface area contributed by atoms with Crippen molar-refractivity contribution >= 4 is 21.9 Å². The number of aryl methyl sites for hydroxylation is 1. The van der Waals surface area contributed by atoms with Gasteiger partial charge in [-0.2, -0.15) is 0 Å². The lowest BCUT2D eigenvalue weighted by Gasteiger charge is -2.39. The summed E-state index contributed by atoms with van der Waals surface area (Å²) >= 11 is 3.28. The molecule has 3 nitrogen and oxygen atoms in total. The van der Waals surface area contributed by atoms with E-state index in [2.05, 4.69) is 15.9 Å². The molecule has 0 atom stereocenters. The maximum Gasteiger partial charge on any atom is 0.304 e. The number of hydrogen-bond acceptors (Lipinski definition) is 2. The first-order valence-corrected chi connectivity index (χ1v) is 5.81. The summed E-state index contributed by atoms with van der Waals surface area (Å²) in [6, 6.07) is 1.90. The Labute approximate surface area is 96.6 Å². The number of rotatable bonds is 3. The highest BCUT2D eigenvalue weighted by atomic mass is 79.9. The summed E-state index contributed by atoms with van der Waals surface area (Å²) in [6.07, 6.45) is 3.10. The smallest absolute Gasteiger partial charge is 0.304 e. The van der Waals surface area contributed by atoms with Gasteiger partial charge in [-0.3, -0.25) is 4.79 Å². The van der Waals surface area contributed by atoms with Crippen LogP contribution in [0, 0.1) is 6.92 Å². The minimum absolute atomic E-state index is 0.174. The second kappa shape index (κ2) is 3.67. The summed E-state index contributed by atoms with van der Waals surface area (Å²) in [7, 11) is 0. The Morgan fingerprint density at radius 3 is 2.67 bits per heavy atom. The molecule has 1 heterocycles. The molecule has 0 saturated heterocycles. The van der Waals surface area contributed by atoms with E-state index in [1.54, 1.807) is 0 Å². The largest absolute Gasteiger partial charge is 0.481 e. The molecular formula is C11H13BrO3. The van der Waals surface area contributed by atoms with Crippen LogP contribution >= 0.6 is 15.9 Å². The normalized spacial score (nSPS) is 18.5. The van der Waals surface area contributed by atoms with Gasteiger partial charge in [0.2, 0.25) is 0 Å². The van der Waals surface area contributed by atoms with Gasteiger partial charge in [0, 0.05) is 5.41 Å². The number of carboxylic acid groups (broad SMARTS) is 1. The molecule has 0 unspecified atom stereocenters. The lowest BCUT2D eigenvalue weighted by molar-refractivity contribution is -0.139. The number of furan rings is 1. The summed E-state index contributed by atoms with van der Waals surface area (Å²) < 4.78 is 6.26. The quantitative estimate of drug-likeness (QED) is 0.919. The zero-order chi connectivity index (χ0) is 11.1. The topological polar surface area (TPSA) is 50.4 Å². The van der Waals surface area contributed by atoms with Crippen molar-refractivity contribution in [3.63, 3.8) is 0 Å². The van der Waals surface area contributed by atoms with Gasteiger partial charge in [-0.25, -0.2) is 0 Å². The van der Waals surface area contributed by atoms with Gasteiger partial charge in [-0.05, 0) is 47.3 Å². The van der Waals surface area contributed by atoms with Gasteiger partial charge >= 0.3 is 5.97 Å². The van der Waals surface area contributed by atoms with Crippen LogP contribution in [0.4, 0.5) is 0 Å². The second-order valence-electron chi connectivity index (χ2n) is 4.27. The second-order valence-corrected chi connectivity index (χ2v) is 5.05. The predicted molar refractivity (Wildman–Crippen MR) is 58.9 cm³/mol. The first-order valence-electron chi connectivity index (χ1n) is 5.02. The Bertz CT molecular complexity index is 391. The maximum atomic E-state index is 10.8. The van der Waals surface area contributed by atoms with Crippen molar-refractivity contribution in [1.82, 2.24) is 0 Å². The molecule has 0 radical (unpaired) electrons. The number of aliphatic carboxylic acids is 1. The average Bonchev–Trinajstić information content (AvgIpc) is 2.38. The van der Waals surface area contributed by atoms with Gasteiger partial charge in [-0.15, -0.1) is 0 Å². The fraction of sp³-hybridized carbons (Fsp3) is 0.545. The predicted octanol–water partition coefficient (Wildman–Crippen LogP) is 3.25. The summed E-state index contributed by atoms with van der Waals surface area (Å²) in [4.78, 5) is 10.8. The van der Waals surface area contributed by atoms with E-state index in [0.29, 0.717) is 4.67 Å². The fourth-order valence-electron chi connectivity index (χ4n) is 2.35. The van der Waals surface area contributed by atoms with Crippen LogP contribution in [-0.2, 0) is 10.2 Å². The van der Waals surface area contributed by atoms with Gasteiger partial charge in [0.25, 0.3) is 0 Å². The van der Waals surface area contributed by atoms with Gasteiger partial charge in [0.15, 0.2) is 4.67 Å². The SMILES string of the molecule is Cc1cc(Br)oc1C1(CC(=O)O)CCC1. The summed E-state index contributed by atoms with van der Waals surface area (Å²) in [5.41, 5.74) is 0.796. The molecule has 0 aliphatic heterocycles. The molecule has 1 fully saturated rings. The Morgan fingerprint density at radius 2 is 2.33 bits per heavy atom. The van der Waals surface area contributed by atoms with E-state index in [1.165, 1.54) is 0 Å². The van der Waals surface area contributed by atoms with E-state index in [4.69, 9.17) is 9.52 Å². The van der Waals surface area contributed by atoms with Crippen LogP contribution < -0.4 is 0 Å². The molecule has 1 aliphatic carbocycles. The minimum Gasteiger partial charge on any atom is -0.481 e. The Balaban J connectivity index is 2.33. The first kappa shape index (κ1) is 10.7. The molecule has 0 amide bonds. The average molecular weight is 273 g/mol. The van der Waals surface area contributed by atoms with Crippen LogP contribution in [0.1, 0.15) is 37.0 Å². The maximum absolute atomic E-state index is 10.8. The number of halogens is 1. The molecule has 1 N–H and O–H groups in total. The summed E-state index contributed by atoms with van der Waals surface area (Å²) in [6.45, 7) is 1.96. The zero-order valence-electron chi connectivity index (χ0n) is 8.55. The third kappa shape index (κ3) is 1.83. The molecule has 2 rings (SSSR count). The lowest BCUT2D eigenvalue weighted by Crippen LogP contribution is -2.36. The highest BCUT2D eigenvalue weighted by molar-refractivity contribution is 9.10. The van der Waals surface area contributed by atoms with E-state index in [0.717, 1.165) is 30.6 Å². The highest BCUT2D eigenvalue weighted by Crippen LogP contribution is 2.48. The van der Waals surface area contributed by atoms with Crippen LogP contribution in [0.25, 0.3) is 0 Å². The number of carbonyl (C=O) groups is 1. The van der Waals surface area contributed by atoms with E-state index in [1.807, 2.05) is 13.0 Å². The third-order valence-corrected chi connectivity index (χ3v) is 3.56. The van der Waals surface area contributed by atoms with E-state index >= 15 is 0 Å². The van der Waals surface area contributed by atoms with Crippen molar-refractivity contribution in [1.29, 1.82) is 0 Å². The Kier molecular flexibility index (Phi) is 2.63. The summed E-state index contributed by atoms with van der Waals surface area (Å²) in [5.74, 6) is 0.102. The van der Waals surface area contributed by atoms with Crippen LogP contribution in [0.5, 0.6) is 0 Å². The fourth-order valence-corrected chi connectivity index (χ4v) is 2.85. The zero-order valence-corrected chi connectivity index (χ0v) is 10.1. The molecule has 0 aromatic carbocycles. The highest BCUT2D eigenvalue weighted by Gasteiger charge is 2.44. The van der Waals surface area contributed by atoms with E-state index in [9.17, 15) is 4.79 Å². The van der Waals surface area contributed by atoms with Gasteiger partial charge in [-0.1, -0.05) is 6.42 Å². The standard InChI is InChI=1S/C11H13BrO3/c1-7-5-8(12)15-10(7)11(3-2-4-11)6-9(13)14/h5H,2-4,6H2,1H3,(H,13,14). The van der Waals surface area contributed by atoms with Crippen LogP contribution in [-0.4, -0.2) is 11.1 Å². The van der Waals surface area contributed by atoms with Crippen LogP contribution in [0.2, 0.25) is 0 Å². The van der Waals surface area contributed by atoms with Crippen molar-refractivity contribution in [2.45, 2.75) is 38.0 Å². The van der Waals surface area contributed by atoms with E-state index < -0.39 is 5.97 Å². The molecule has 1 aliphatic rings. The molecule has 15 heavy (non-hydrogen) atoms. The van der Waals surface area contributed by atoms with Crippen molar-refractivity contribution in [2.75, 3.05) is 0 Å². The third-order valence-electron chi connectivity index (χ3n) is 3.17.